The van der Waals surface area contributed by atoms with E-state index in [-0.39, 0.29) is 0 Å². The molecule has 2 nitrogen and oxygen atoms in total. The molecule has 0 saturated carbocycles. The van der Waals surface area contributed by atoms with E-state index in [1.165, 1.54) is 18.6 Å². The molecule has 0 aromatic heterocycles. The molecule has 13 heavy (non-hydrogen) atoms. The topological polar surface area (TPSA) is 32.3 Å². The lowest BCUT2D eigenvalue weighted by Gasteiger charge is -2.16. The van der Waals surface area contributed by atoms with Crippen molar-refractivity contribution >= 4 is 11.8 Å². The summed E-state index contributed by atoms with van der Waals surface area (Å²) in [6.45, 7) is 5.74. The molecule has 0 aromatic carbocycles. The lowest BCUT2D eigenvalue weighted by molar-refractivity contribution is 0.270. The van der Waals surface area contributed by atoms with Crippen LogP contribution in [0.1, 0.15) is 33.1 Å². The predicted octanol–water partition coefficient (Wildman–Crippen LogP) is 1.88. The summed E-state index contributed by atoms with van der Waals surface area (Å²) in [7, 11) is 0. The first-order valence-electron chi connectivity index (χ1n) is 5.27. The Morgan fingerprint density at radius 3 is 2.62 bits per heavy atom. The van der Waals surface area contributed by atoms with Gasteiger partial charge in [0.1, 0.15) is 0 Å². The molecule has 0 aliphatic rings. The van der Waals surface area contributed by atoms with Gasteiger partial charge in [0.25, 0.3) is 0 Å². The van der Waals surface area contributed by atoms with Gasteiger partial charge in [-0.3, -0.25) is 0 Å². The number of thioether (sulfide) groups is 1. The first-order valence-corrected chi connectivity index (χ1v) is 6.42. The monoisotopic (exact) mass is 205 g/mol. The van der Waals surface area contributed by atoms with Crippen molar-refractivity contribution < 1.29 is 5.11 Å². The summed E-state index contributed by atoms with van der Waals surface area (Å²) in [6, 6.07) is 0.501. The maximum atomic E-state index is 8.84. The minimum atomic E-state index is 0.300. The Labute approximate surface area is 86.5 Å². The van der Waals surface area contributed by atoms with Gasteiger partial charge in [0, 0.05) is 18.4 Å². The summed E-state index contributed by atoms with van der Waals surface area (Å²) in [4.78, 5) is 0. The van der Waals surface area contributed by atoms with E-state index in [1.807, 2.05) is 11.8 Å². The Morgan fingerprint density at radius 1 is 1.31 bits per heavy atom. The molecule has 0 aliphatic heterocycles. The Balaban J connectivity index is 3.41. The summed E-state index contributed by atoms with van der Waals surface area (Å²) in [5, 5.41) is 12.3. The van der Waals surface area contributed by atoms with Crippen LogP contribution in [-0.4, -0.2) is 35.8 Å². The average molecular weight is 205 g/mol. The van der Waals surface area contributed by atoms with E-state index < -0.39 is 0 Å². The molecule has 1 unspecified atom stereocenters. The third kappa shape index (κ3) is 8.60. The van der Waals surface area contributed by atoms with Crippen LogP contribution < -0.4 is 5.32 Å². The Hall–Kier alpha value is 0.270. The molecule has 0 saturated heterocycles. The molecule has 3 heteroatoms. The number of aliphatic hydroxyl groups excluding tert-OH is 1. The second kappa shape index (κ2) is 10.4. The summed E-state index contributed by atoms with van der Waals surface area (Å²) < 4.78 is 0. The number of aliphatic hydroxyl groups is 1. The molecule has 0 aliphatic carbocycles. The van der Waals surface area contributed by atoms with Gasteiger partial charge in [-0.15, -0.1) is 0 Å². The zero-order valence-electron chi connectivity index (χ0n) is 8.88. The fraction of sp³-hybridized carbons (Fsp3) is 1.00. The summed E-state index contributed by atoms with van der Waals surface area (Å²) in [6.07, 6.45) is 3.29. The van der Waals surface area contributed by atoms with Gasteiger partial charge >= 0.3 is 0 Å². The molecule has 0 rings (SSSR count). The van der Waals surface area contributed by atoms with Gasteiger partial charge in [-0.1, -0.05) is 13.8 Å². The van der Waals surface area contributed by atoms with Crippen molar-refractivity contribution in [2.45, 2.75) is 39.2 Å². The van der Waals surface area contributed by atoms with Crippen molar-refractivity contribution in [1.82, 2.24) is 5.32 Å². The van der Waals surface area contributed by atoms with E-state index >= 15 is 0 Å². The molecular weight excluding hydrogens is 182 g/mol. The molecule has 0 spiro atoms. The van der Waals surface area contributed by atoms with Gasteiger partial charge in [-0.05, 0) is 31.6 Å². The highest BCUT2D eigenvalue weighted by atomic mass is 32.2. The number of hydrogen-bond acceptors (Lipinski definition) is 3. The largest absolute Gasteiger partial charge is 0.396 e. The van der Waals surface area contributed by atoms with Gasteiger partial charge in [-0.2, -0.15) is 11.8 Å². The highest BCUT2D eigenvalue weighted by Crippen LogP contribution is 2.06. The lowest BCUT2D eigenvalue weighted by Crippen LogP contribution is -2.32. The Bertz CT molecular complexity index is 101. The van der Waals surface area contributed by atoms with Crippen LogP contribution in [0.4, 0.5) is 0 Å². The summed E-state index contributed by atoms with van der Waals surface area (Å²) in [5.74, 6) is 2.37. The van der Waals surface area contributed by atoms with E-state index in [0.717, 1.165) is 18.7 Å². The van der Waals surface area contributed by atoms with Crippen LogP contribution in [0.15, 0.2) is 0 Å². The molecule has 2 N–H and O–H groups in total. The van der Waals surface area contributed by atoms with Crippen LogP contribution in [0.3, 0.4) is 0 Å². The van der Waals surface area contributed by atoms with E-state index in [2.05, 4.69) is 19.2 Å². The number of hydrogen-bond donors (Lipinski definition) is 2. The zero-order valence-corrected chi connectivity index (χ0v) is 9.70. The van der Waals surface area contributed by atoms with Gasteiger partial charge in [0.2, 0.25) is 0 Å². The highest BCUT2D eigenvalue weighted by Gasteiger charge is 2.05. The smallest absolute Gasteiger partial charge is 0.0446 e. The molecular formula is C10H23NOS. The second-order valence-electron chi connectivity index (χ2n) is 3.24. The van der Waals surface area contributed by atoms with Crippen molar-refractivity contribution in [3.8, 4) is 0 Å². The van der Waals surface area contributed by atoms with Crippen molar-refractivity contribution in [1.29, 1.82) is 0 Å². The minimum absolute atomic E-state index is 0.300. The second-order valence-corrected chi connectivity index (χ2v) is 4.39. The standard InChI is InChI=1S/C10H23NOS/c1-3-6-11-10(5-7-12)9-13-8-4-2/h10-12H,3-9H2,1-2H3. The SMILES string of the molecule is CCCNC(CCO)CSCCC. The van der Waals surface area contributed by atoms with Crippen molar-refractivity contribution in [3.63, 3.8) is 0 Å². The first-order chi connectivity index (χ1) is 6.35. The molecule has 0 aromatic rings. The van der Waals surface area contributed by atoms with Gasteiger partial charge < -0.3 is 10.4 Å². The van der Waals surface area contributed by atoms with Crippen LogP contribution >= 0.6 is 11.8 Å². The molecule has 80 valence electrons. The highest BCUT2D eigenvalue weighted by molar-refractivity contribution is 7.99. The zero-order chi connectivity index (χ0) is 9.94. The number of nitrogens with one attached hydrogen (secondary N) is 1. The predicted molar refractivity (Wildman–Crippen MR) is 61.4 cm³/mol. The average Bonchev–Trinajstić information content (AvgIpc) is 2.14. The van der Waals surface area contributed by atoms with Crippen LogP contribution in [0.5, 0.6) is 0 Å². The third-order valence-electron chi connectivity index (χ3n) is 1.83. The van der Waals surface area contributed by atoms with E-state index in [9.17, 15) is 0 Å². The normalized spacial score (nSPS) is 13.2. The fourth-order valence-corrected chi connectivity index (χ4v) is 2.14. The number of rotatable bonds is 9. The molecule has 0 amide bonds. The molecule has 0 heterocycles. The van der Waals surface area contributed by atoms with Gasteiger partial charge in [0.05, 0.1) is 0 Å². The molecule has 0 radical (unpaired) electrons. The molecule has 1 atom stereocenters. The van der Waals surface area contributed by atoms with Gasteiger partial charge in [0.15, 0.2) is 0 Å². The first kappa shape index (κ1) is 13.3. The van der Waals surface area contributed by atoms with Crippen LogP contribution in [0.25, 0.3) is 0 Å². The third-order valence-corrected chi connectivity index (χ3v) is 3.16. The Morgan fingerprint density at radius 2 is 2.08 bits per heavy atom. The van der Waals surface area contributed by atoms with Crippen LogP contribution in [-0.2, 0) is 0 Å². The van der Waals surface area contributed by atoms with Crippen molar-refractivity contribution in [2.24, 2.45) is 0 Å². The quantitative estimate of drug-likeness (QED) is 0.564. The Kier molecular flexibility index (Phi) is 10.6. The molecule has 0 fully saturated rings. The summed E-state index contributed by atoms with van der Waals surface area (Å²) in [5.41, 5.74) is 0. The lowest BCUT2D eigenvalue weighted by atomic mass is 10.2. The van der Waals surface area contributed by atoms with Gasteiger partial charge in [-0.25, -0.2) is 0 Å². The van der Waals surface area contributed by atoms with E-state index in [4.69, 9.17) is 5.11 Å². The maximum absolute atomic E-state index is 8.84. The van der Waals surface area contributed by atoms with E-state index in [0.29, 0.717) is 12.6 Å². The van der Waals surface area contributed by atoms with Crippen LogP contribution in [0, 0.1) is 0 Å². The maximum Gasteiger partial charge on any atom is 0.0446 e. The molecule has 0 bridgehead atoms. The minimum Gasteiger partial charge on any atom is -0.396 e. The fourth-order valence-electron chi connectivity index (χ4n) is 1.12. The summed E-state index contributed by atoms with van der Waals surface area (Å²) >= 11 is 1.98. The van der Waals surface area contributed by atoms with Crippen molar-refractivity contribution in [3.05, 3.63) is 0 Å². The van der Waals surface area contributed by atoms with Crippen LogP contribution in [0.2, 0.25) is 0 Å². The van der Waals surface area contributed by atoms with Crippen molar-refractivity contribution in [2.75, 3.05) is 24.7 Å². The van der Waals surface area contributed by atoms with E-state index in [1.54, 1.807) is 0 Å².